The lowest BCUT2D eigenvalue weighted by Gasteiger charge is -2.33. The first-order valence-corrected chi connectivity index (χ1v) is 4.72. The van der Waals surface area contributed by atoms with Gasteiger partial charge in [-0.15, -0.1) is 0 Å². The van der Waals surface area contributed by atoms with Gasteiger partial charge in [0.05, 0.1) is 0 Å². The molecule has 1 nitrogen and oxygen atoms in total. The van der Waals surface area contributed by atoms with Crippen LogP contribution in [0, 0.1) is 17.8 Å². The van der Waals surface area contributed by atoms with E-state index in [1.165, 1.54) is 5.57 Å². The highest BCUT2D eigenvalue weighted by Gasteiger charge is 2.32. The predicted molar refractivity (Wildman–Crippen MR) is 50.9 cm³/mol. The molecule has 0 heterocycles. The van der Waals surface area contributed by atoms with E-state index in [4.69, 9.17) is 0 Å². The van der Waals surface area contributed by atoms with Gasteiger partial charge < -0.3 is 0 Å². The molecule has 0 radical (unpaired) electrons. The van der Waals surface area contributed by atoms with Gasteiger partial charge in [0.25, 0.3) is 0 Å². The largest absolute Gasteiger partial charge is 0.299 e. The Labute approximate surface area is 74.9 Å². The van der Waals surface area contributed by atoms with E-state index in [0.29, 0.717) is 17.6 Å². The first-order chi connectivity index (χ1) is 5.54. The molecule has 1 fully saturated rings. The number of hydrogen-bond donors (Lipinski definition) is 0. The molecule has 0 spiro atoms. The van der Waals surface area contributed by atoms with Crippen LogP contribution in [-0.2, 0) is 4.79 Å². The zero-order valence-corrected chi connectivity index (χ0v) is 8.26. The van der Waals surface area contributed by atoms with Gasteiger partial charge >= 0.3 is 0 Å². The molecule has 12 heavy (non-hydrogen) atoms. The lowest BCUT2D eigenvalue weighted by molar-refractivity contribution is -0.126. The zero-order chi connectivity index (χ0) is 9.30. The molecular weight excluding hydrogens is 148 g/mol. The number of ketones is 1. The topological polar surface area (TPSA) is 17.1 Å². The van der Waals surface area contributed by atoms with E-state index < -0.39 is 0 Å². The Hall–Kier alpha value is -0.590. The van der Waals surface area contributed by atoms with Crippen LogP contribution in [0.15, 0.2) is 12.2 Å². The molecule has 1 aliphatic carbocycles. The van der Waals surface area contributed by atoms with Crippen LogP contribution in [-0.4, -0.2) is 5.78 Å². The monoisotopic (exact) mass is 166 g/mol. The van der Waals surface area contributed by atoms with Gasteiger partial charge in [-0.05, 0) is 25.2 Å². The van der Waals surface area contributed by atoms with Gasteiger partial charge in [0.1, 0.15) is 5.78 Å². The third-order valence-corrected chi connectivity index (χ3v) is 3.27. The summed E-state index contributed by atoms with van der Waals surface area (Å²) in [6, 6.07) is 0. The van der Waals surface area contributed by atoms with Crippen LogP contribution in [0.2, 0.25) is 0 Å². The third-order valence-electron chi connectivity index (χ3n) is 3.27. The number of carbonyl (C=O) groups excluding carboxylic acids is 1. The SMILES string of the molecule is C=C(C)C1CCC(=O)C(C)C1C. The van der Waals surface area contributed by atoms with Crippen LogP contribution in [0.3, 0.4) is 0 Å². The van der Waals surface area contributed by atoms with Crippen molar-refractivity contribution in [1.82, 2.24) is 0 Å². The Morgan fingerprint density at radius 3 is 2.58 bits per heavy atom. The molecular formula is C11H18O. The lowest BCUT2D eigenvalue weighted by atomic mass is 9.71. The molecule has 1 heteroatoms. The fourth-order valence-corrected chi connectivity index (χ4v) is 2.13. The van der Waals surface area contributed by atoms with Crippen molar-refractivity contribution in [2.24, 2.45) is 17.8 Å². The van der Waals surface area contributed by atoms with Crippen LogP contribution in [0.1, 0.15) is 33.6 Å². The predicted octanol–water partition coefficient (Wildman–Crippen LogP) is 2.81. The van der Waals surface area contributed by atoms with Gasteiger partial charge in [-0.25, -0.2) is 0 Å². The molecule has 68 valence electrons. The highest BCUT2D eigenvalue weighted by atomic mass is 16.1. The standard InChI is InChI=1S/C11H18O/c1-7(2)10-5-6-11(12)9(4)8(10)3/h8-10H,1,5-6H2,2-4H3. The lowest BCUT2D eigenvalue weighted by Crippen LogP contribution is -2.31. The summed E-state index contributed by atoms with van der Waals surface area (Å²) in [5.74, 6) is 1.72. The summed E-state index contributed by atoms with van der Waals surface area (Å²) in [5.41, 5.74) is 1.24. The van der Waals surface area contributed by atoms with E-state index in [0.717, 1.165) is 12.8 Å². The van der Waals surface area contributed by atoms with Gasteiger partial charge in [0, 0.05) is 12.3 Å². The molecule has 0 aliphatic heterocycles. The van der Waals surface area contributed by atoms with E-state index in [2.05, 4.69) is 20.4 Å². The maximum absolute atomic E-state index is 11.3. The molecule has 1 aliphatic rings. The second-order valence-electron chi connectivity index (χ2n) is 4.11. The van der Waals surface area contributed by atoms with Crippen molar-refractivity contribution in [2.75, 3.05) is 0 Å². The molecule has 0 bridgehead atoms. The normalized spacial score (nSPS) is 36.6. The Morgan fingerprint density at radius 2 is 2.08 bits per heavy atom. The van der Waals surface area contributed by atoms with E-state index in [-0.39, 0.29) is 5.92 Å². The molecule has 0 amide bonds. The minimum absolute atomic E-state index is 0.237. The van der Waals surface area contributed by atoms with Crippen molar-refractivity contribution in [3.05, 3.63) is 12.2 Å². The molecule has 0 saturated heterocycles. The Morgan fingerprint density at radius 1 is 1.50 bits per heavy atom. The molecule has 1 saturated carbocycles. The maximum Gasteiger partial charge on any atom is 0.136 e. The van der Waals surface area contributed by atoms with Crippen molar-refractivity contribution in [1.29, 1.82) is 0 Å². The van der Waals surface area contributed by atoms with Gasteiger partial charge in [-0.2, -0.15) is 0 Å². The van der Waals surface area contributed by atoms with Crippen molar-refractivity contribution in [3.63, 3.8) is 0 Å². The van der Waals surface area contributed by atoms with Crippen molar-refractivity contribution in [3.8, 4) is 0 Å². The van der Waals surface area contributed by atoms with Crippen molar-refractivity contribution < 1.29 is 4.79 Å². The van der Waals surface area contributed by atoms with E-state index >= 15 is 0 Å². The molecule has 3 atom stereocenters. The molecule has 3 unspecified atom stereocenters. The highest BCUT2D eigenvalue weighted by molar-refractivity contribution is 5.81. The quantitative estimate of drug-likeness (QED) is 0.547. The second kappa shape index (κ2) is 3.42. The number of allylic oxidation sites excluding steroid dienone is 1. The van der Waals surface area contributed by atoms with Crippen LogP contribution >= 0.6 is 0 Å². The summed E-state index contributed by atoms with van der Waals surface area (Å²) >= 11 is 0. The van der Waals surface area contributed by atoms with Crippen molar-refractivity contribution in [2.45, 2.75) is 33.6 Å². The molecule has 0 N–H and O–H groups in total. The summed E-state index contributed by atoms with van der Waals surface area (Å²) in [5, 5.41) is 0. The Bertz CT molecular complexity index is 205. The summed E-state index contributed by atoms with van der Waals surface area (Å²) in [7, 11) is 0. The fraction of sp³-hybridized carbons (Fsp3) is 0.727. The number of Topliss-reactive ketones (excluding diaryl/α,β-unsaturated/α-hetero) is 1. The van der Waals surface area contributed by atoms with Gasteiger partial charge in [0.2, 0.25) is 0 Å². The minimum Gasteiger partial charge on any atom is -0.299 e. The molecule has 1 rings (SSSR count). The second-order valence-corrected chi connectivity index (χ2v) is 4.11. The number of rotatable bonds is 1. The Balaban J connectivity index is 2.71. The van der Waals surface area contributed by atoms with E-state index in [9.17, 15) is 4.79 Å². The smallest absolute Gasteiger partial charge is 0.136 e. The summed E-state index contributed by atoms with van der Waals surface area (Å²) in [6.07, 6.45) is 1.77. The third kappa shape index (κ3) is 1.60. The van der Waals surface area contributed by atoms with Crippen LogP contribution in [0.5, 0.6) is 0 Å². The van der Waals surface area contributed by atoms with Crippen LogP contribution in [0.25, 0.3) is 0 Å². The first-order valence-electron chi connectivity index (χ1n) is 4.72. The molecule has 0 aromatic heterocycles. The van der Waals surface area contributed by atoms with Crippen LogP contribution < -0.4 is 0 Å². The maximum atomic E-state index is 11.3. The summed E-state index contributed by atoms with van der Waals surface area (Å²) in [6.45, 7) is 10.3. The first kappa shape index (κ1) is 9.50. The zero-order valence-electron chi connectivity index (χ0n) is 8.26. The molecule has 0 aromatic rings. The van der Waals surface area contributed by atoms with Crippen LogP contribution in [0.4, 0.5) is 0 Å². The summed E-state index contributed by atoms with van der Waals surface area (Å²) in [4.78, 5) is 11.3. The van der Waals surface area contributed by atoms with Gasteiger partial charge in [-0.3, -0.25) is 4.79 Å². The Kier molecular flexibility index (Phi) is 2.71. The average molecular weight is 166 g/mol. The van der Waals surface area contributed by atoms with Gasteiger partial charge in [-0.1, -0.05) is 26.0 Å². The van der Waals surface area contributed by atoms with E-state index in [1.54, 1.807) is 0 Å². The van der Waals surface area contributed by atoms with Gasteiger partial charge in [0.15, 0.2) is 0 Å². The highest BCUT2D eigenvalue weighted by Crippen LogP contribution is 2.35. The average Bonchev–Trinajstić information content (AvgIpc) is 2.00. The number of carbonyl (C=O) groups is 1. The van der Waals surface area contributed by atoms with Crippen molar-refractivity contribution >= 4 is 5.78 Å². The fourth-order valence-electron chi connectivity index (χ4n) is 2.13. The van der Waals surface area contributed by atoms with E-state index in [1.807, 2.05) is 6.92 Å². The number of hydrogen-bond acceptors (Lipinski definition) is 1. The minimum atomic E-state index is 0.237. The summed E-state index contributed by atoms with van der Waals surface area (Å²) < 4.78 is 0. The molecule has 0 aromatic carbocycles.